The van der Waals surface area contributed by atoms with E-state index < -0.39 is 0 Å². The Hall–Kier alpha value is -2.37. The highest BCUT2D eigenvalue weighted by Gasteiger charge is 2.27. The first-order valence-electron chi connectivity index (χ1n) is 7.64. The van der Waals surface area contributed by atoms with E-state index in [1.165, 1.54) is 0 Å². The first kappa shape index (κ1) is 14.6. The Bertz CT molecular complexity index is 627. The zero-order valence-electron chi connectivity index (χ0n) is 12.7. The van der Waals surface area contributed by atoms with Crippen LogP contribution in [0.2, 0.25) is 0 Å². The third-order valence-electron chi connectivity index (χ3n) is 3.91. The van der Waals surface area contributed by atoms with Gasteiger partial charge in [-0.25, -0.2) is 9.97 Å². The summed E-state index contributed by atoms with van der Waals surface area (Å²) < 4.78 is 7.55. The summed E-state index contributed by atoms with van der Waals surface area (Å²) in [6.45, 7) is 3.84. The molecule has 3 rings (SSSR count). The molecule has 1 saturated heterocycles. The Morgan fingerprint density at radius 1 is 1.45 bits per heavy atom. The van der Waals surface area contributed by atoms with E-state index in [1.807, 2.05) is 24.3 Å². The first-order chi connectivity index (χ1) is 10.8. The molecule has 6 nitrogen and oxygen atoms in total. The van der Waals surface area contributed by atoms with Crippen molar-refractivity contribution in [2.45, 2.75) is 25.8 Å². The molecular formula is C16H20N4O2. The van der Waals surface area contributed by atoms with Crippen LogP contribution in [0.5, 0.6) is 5.88 Å². The summed E-state index contributed by atoms with van der Waals surface area (Å²) in [5.74, 6) is 0.404. The summed E-state index contributed by atoms with van der Waals surface area (Å²) in [6, 6.07) is 3.83. The second-order valence-electron chi connectivity index (χ2n) is 5.35. The maximum Gasteiger partial charge on any atom is 0.259 e. The number of carbonyl (C=O) groups excluding carboxylic acids is 1. The summed E-state index contributed by atoms with van der Waals surface area (Å²) in [5.41, 5.74) is 0.538. The van der Waals surface area contributed by atoms with Crippen LogP contribution in [0, 0.1) is 0 Å². The third-order valence-corrected chi connectivity index (χ3v) is 3.91. The quantitative estimate of drug-likeness (QED) is 0.868. The van der Waals surface area contributed by atoms with Gasteiger partial charge in [0.2, 0.25) is 5.88 Å². The monoisotopic (exact) mass is 300 g/mol. The molecular weight excluding hydrogens is 280 g/mol. The Balaban J connectivity index is 1.77. The minimum absolute atomic E-state index is 0.0126. The van der Waals surface area contributed by atoms with Gasteiger partial charge in [-0.2, -0.15) is 0 Å². The molecule has 0 N–H and O–H groups in total. The van der Waals surface area contributed by atoms with Gasteiger partial charge in [0.15, 0.2) is 0 Å². The molecule has 22 heavy (non-hydrogen) atoms. The molecule has 1 aliphatic heterocycles. The maximum absolute atomic E-state index is 12.8. The number of piperidine rings is 1. The van der Waals surface area contributed by atoms with Gasteiger partial charge in [-0.15, -0.1) is 0 Å². The lowest BCUT2D eigenvalue weighted by atomic mass is 10.0. The van der Waals surface area contributed by atoms with Crippen LogP contribution >= 0.6 is 0 Å². The molecule has 2 aromatic heterocycles. The molecule has 0 aliphatic carbocycles. The highest BCUT2D eigenvalue weighted by atomic mass is 16.5. The zero-order chi connectivity index (χ0) is 15.4. The van der Waals surface area contributed by atoms with Crippen LogP contribution in [0.25, 0.3) is 0 Å². The predicted molar refractivity (Wildman–Crippen MR) is 81.8 cm³/mol. The molecule has 0 saturated carbocycles. The van der Waals surface area contributed by atoms with E-state index in [4.69, 9.17) is 4.74 Å². The number of ether oxygens (including phenoxy) is 1. The molecule has 0 aromatic carbocycles. The van der Waals surface area contributed by atoms with Crippen molar-refractivity contribution in [3.8, 4) is 5.88 Å². The topological polar surface area (TPSA) is 60.2 Å². The normalized spacial score (nSPS) is 18.2. The van der Waals surface area contributed by atoms with Crippen LogP contribution in [0.4, 0.5) is 0 Å². The van der Waals surface area contributed by atoms with E-state index in [1.54, 1.807) is 24.5 Å². The van der Waals surface area contributed by atoms with Gasteiger partial charge in [-0.05, 0) is 31.9 Å². The number of aromatic nitrogens is 3. The Morgan fingerprint density at radius 2 is 2.36 bits per heavy atom. The van der Waals surface area contributed by atoms with Gasteiger partial charge in [-0.1, -0.05) is 0 Å². The number of hydrogen-bond donors (Lipinski definition) is 0. The average molecular weight is 300 g/mol. The molecule has 1 aliphatic rings. The number of carbonyl (C=O) groups is 1. The largest absolute Gasteiger partial charge is 0.477 e. The summed E-state index contributed by atoms with van der Waals surface area (Å²) in [7, 11) is 0. The number of hydrogen-bond acceptors (Lipinski definition) is 4. The van der Waals surface area contributed by atoms with Gasteiger partial charge in [0.05, 0.1) is 19.0 Å². The second kappa shape index (κ2) is 6.60. The van der Waals surface area contributed by atoms with Gasteiger partial charge in [0, 0.05) is 31.7 Å². The van der Waals surface area contributed by atoms with Crippen molar-refractivity contribution in [3.05, 3.63) is 42.6 Å². The van der Waals surface area contributed by atoms with Crippen molar-refractivity contribution in [3.63, 3.8) is 0 Å². The molecule has 0 bridgehead atoms. The molecule has 1 amide bonds. The number of rotatable bonds is 4. The maximum atomic E-state index is 12.8. The summed E-state index contributed by atoms with van der Waals surface area (Å²) >= 11 is 0. The van der Waals surface area contributed by atoms with E-state index in [9.17, 15) is 4.79 Å². The minimum atomic E-state index is -0.0126. The molecule has 2 aromatic rings. The van der Waals surface area contributed by atoms with E-state index in [-0.39, 0.29) is 11.9 Å². The van der Waals surface area contributed by atoms with Crippen molar-refractivity contribution in [2.24, 2.45) is 0 Å². The average Bonchev–Trinajstić information content (AvgIpc) is 3.10. The van der Waals surface area contributed by atoms with Crippen LogP contribution in [-0.4, -0.2) is 45.0 Å². The SMILES string of the molecule is CCOc1ncccc1C(=O)N1CCC[C@@H](n2ccnc2)C1. The third kappa shape index (κ3) is 2.95. The second-order valence-corrected chi connectivity index (χ2v) is 5.35. The number of imidazole rings is 1. The number of nitrogens with zero attached hydrogens (tertiary/aromatic N) is 4. The van der Waals surface area contributed by atoms with Crippen molar-refractivity contribution >= 4 is 5.91 Å². The lowest BCUT2D eigenvalue weighted by Gasteiger charge is -2.33. The molecule has 1 fully saturated rings. The van der Waals surface area contributed by atoms with E-state index >= 15 is 0 Å². The molecule has 0 unspecified atom stereocenters. The molecule has 6 heteroatoms. The van der Waals surface area contributed by atoms with Crippen molar-refractivity contribution in [1.29, 1.82) is 0 Å². The Labute approximate surface area is 129 Å². The van der Waals surface area contributed by atoms with Crippen LogP contribution < -0.4 is 4.74 Å². The smallest absolute Gasteiger partial charge is 0.259 e. The van der Waals surface area contributed by atoms with Gasteiger partial charge >= 0.3 is 0 Å². The van der Waals surface area contributed by atoms with Crippen LogP contribution in [-0.2, 0) is 0 Å². The van der Waals surface area contributed by atoms with Crippen LogP contribution in [0.15, 0.2) is 37.1 Å². The molecule has 1 atom stereocenters. The summed E-state index contributed by atoms with van der Waals surface area (Å²) in [6.07, 6.45) is 9.23. The fourth-order valence-electron chi connectivity index (χ4n) is 2.84. The molecule has 116 valence electrons. The zero-order valence-corrected chi connectivity index (χ0v) is 12.7. The van der Waals surface area contributed by atoms with Crippen molar-refractivity contribution < 1.29 is 9.53 Å². The number of likely N-dealkylation sites (tertiary alicyclic amines) is 1. The van der Waals surface area contributed by atoms with Crippen molar-refractivity contribution in [2.75, 3.05) is 19.7 Å². The Morgan fingerprint density at radius 3 is 3.14 bits per heavy atom. The van der Waals surface area contributed by atoms with Crippen LogP contribution in [0.3, 0.4) is 0 Å². The fraction of sp³-hybridized carbons (Fsp3) is 0.438. The van der Waals surface area contributed by atoms with E-state index in [0.717, 1.165) is 19.4 Å². The number of pyridine rings is 1. The van der Waals surface area contributed by atoms with E-state index in [2.05, 4.69) is 14.5 Å². The highest BCUT2D eigenvalue weighted by molar-refractivity contribution is 5.96. The van der Waals surface area contributed by atoms with Gasteiger partial charge < -0.3 is 14.2 Å². The summed E-state index contributed by atoms with van der Waals surface area (Å²) in [5, 5.41) is 0. The van der Waals surface area contributed by atoms with E-state index in [0.29, 0.717) is 24.6 Å². The minimum Gasteiger partial charge on any atom is -0.477 e. The fourth-order valence-corrected chi connectivity index (χ4v) is 2.84. The number of amides is 1. The first-order valence-corrected chi connectivity index (χ1v) is 7.64. The van der Waals surface area contributed by atoms with Crippen molar-refractivity contribution in [1.82, 2.24) is 19.4 Å². The lowest BCUT2D eigenvalue weighted by molar-refractivity contribution is 0.0674. The molecule has 3 heterocycles. The van der Waals surface area contributed by atoms with Gasteiger partial charge in [0.25, 0.3) is 5.91 Å². The molecule has 0 radical (unpaired) electrons. The standard InChI is InChI=1S/C16H20N4O2/c1-2-22-15-14(6-3-7-18-15)16(21)19-9-4-5-13(11-19)20-10-8-17-12-20/h3,6-8,10,12-13H,2,4-5,9,11H2,1H3/t13-/m1/s1. The Kier molecular flexibility index (Phi) is 4.37. The highest BCUT2D eigenvalue weighted by Crippen LogP contribution is 2.24. The lowest BCUT2D eigenvalue weighted by Crippen LogP contribution is -2.40. The predicted octanol–water partition coefficient (Wildman–Crippen LogP) is 2.15. The van der Waals surface area contributed by atoms with Gasteiger partial charge in [0.1, 0.15) is 5.56 Å². The van der Waals surface area contributed by atoms with Gasteiger partial charge in [-0.3, -0.25) is 4.79 Å². The summed E-state index contributed by atoms with van der Waals surface area (Å²) in [4.78, 5) is 22.9. The molecule has 0 spiro atoms. The van der Waals surface area contributed by atoms with Crippen LogP contribution in [0.1, 0.15) is 36.2 Å².